The Kier molecular flexibility index (Phi) is 2.53. The van der Waals surface area contributed by atoms with Gasteiger partial charge < -0.3 is 5.11 Å². The molecular weight excluding hydrogens is 278 g/mol. The average Bonchev–Trinajstić information content (AvgIpc) is 2.53. The van der Waals surface area contributed by atoms with Crippen LogP contribution in [0.3, 0.4) is 0 Å². The van der Waals surface area contributed by atoms with Crippen LogP contribution in [0.4, 0.5) is 5.69 Å². The van der Waals surface area contributed by atoms with Gasteiger partial charge in [-0.25, -0.2) is 0 Å². The molecule has 0 unspecified atom stereocenters. The summed E-state index contributed by atoms with van der Waals surface area (Å²) >= 11 is 0. The molecule has 4 aromatic rings. The lowest BCUT2D eigenvalue weighted by Crippen LogP contribution is -1.88. The lowest BCUT2D eigenvalue weighted by molar-refractivity contribution is -0.384. The Morgan fingerprint density at radius 1 is 0.727 bits per heavy atom. The fourth-order valence-corrected chi connectivity index (χ4v) is 2.98. The summed E-state index contributed by atoms with van der Waals surface area (Å²) in [6.07, 6.45) is 0. The van der Waals surface area contributed by atoms with Crippen LogP contribution < -0.4 is 0 Å². The molecule has 4 aromatic carbocycles. The number of fused-ring (bicyclic) bond motifs is 5. The van der Waals surface area contributed by atoms with Crippen molar-refractivity contribution in [2.75, 3.05) is 0 Å². The highest BCUT2D eigenvalue weighted by molar-refractivity contribution is 6.17. The van der Waals surface area contributed by atoms with E-state index in [9.17, 15) is 15.2 Å². The van der Waals surface area contributed by atoms with E-state index < -0.39 is 0 Å². The van der Waals surface area contributed by atoms with Crippen molar-refractivity contribution in [3.8, 4) is 5.75 Å². The number of nitro benzene ring substituents is 1. The van der Waals surface area contributed by atoms with E-state index in [1.807, 2.05) is 30.3 Å². The van der Waals surface area contributed by atoms with E-state index in [0.29, 0.717) is 0 Å². The SMILES string of the molecule is O=[N+]([O-])c1ccc2c(ccc3c4ccc(O)cc4ccc23)c1. The molecule has 0 aliphatic heterocycles. The van der Waals surface area contributed by atoms with Crippen LogP contribution in [0.2, 0.25) is 0 Å². The van der Waals surface area contributed by atoms with Crippen LogP contribution in [-0.4, -0.2) is 10.0 Å². The van der Waals surface area contributed by atoms with Gasteiger partial charge in [-0.05, 0) is 50.5 Å². The number of rotatable bonds is 1. The Morgan fingerprint density at radius 3 is 1.91 bits per heavy atom. The van der Waals surface area contributed by atoms with E-state index in [4.69, 9.17) is 0 Å². The van der Waals surface area contributed by atoms with Crippen molar-refractivity contribution in [3.05, 3.63) is 70.8 Å². The maximum absolute atomic E-state index is 10.9. The number of phenols is 1. The van der Waals surface area contributed by atoms with Gasteiger partial charge in [-0.15, -0.1) is 0 Å². The largest absolute Gasteiger partial charge is 0.508 e. The number of non-ortho nitro benzene ring substituents is 1. The Labute approximate surface area is 125 Å². The minimum atomic E-state index is -0.382. The summed E-state index contributed by atoms with van der Waals surface area (Å²) in [5.41, 5.74) is 0.0950. The number of hydrogen-bond acceptors (Lipinski definition) is 3. The molecular formula is C18H11NO3. The second-order valence-corrected chi connectivity index (χ2v) is 5.29. The number of nitro groups is 1. The maximum Gasteiger partial charge on any atom is 0.270 e. The first kappa shape index (κ1) is 12.6. The highest BCUT2D eigenvalue weighted by Gasteiger charge is 2.09. The summed E-state index contributed by atoms with van der Waals surface area (Å²) in [6, 6.07) is 18.0. The van der Waals surface area contributed by atoms with Crippen LogP contribution in [0.15, 0.2) is 60.7 Å². The maximum atomic E-state index is 10.9. The lowest BCUT2D eigenvalue weighted by Gasteiger charge is -2.08. The number of aromatic hydroxyl groups is 1. The molecule has 0 atom stereocenters. The molecule has 0 spiro atoms. The number of benzene rings is 4. The van der Waals surface area contributed by atoms with Crippen molar-refractivity contribution < 1.29 is 10.0 Å². The van der Waals surface area contributed by atoms with E-state index in [2.05, 4.69) is 0 Å². The third kappa shape index (κ3) is 1.78. The normalized spacial score (nSPS) is 11.3. The standard InChI is InChI=1S/C18H11NO3/c20-14-4-8-16-12(10-14)2-6-17-15-7-3-13(19(21)22)9-11(15)1-5-18(16)17/h1-10,20H. The second kappa shape index (κ2) is 4.43. The molecule has 22 heavy (non-hydrogen) atoms. The first-order valence-corrected chi connectivity index (χ1v) is 6.86. The van der Waals surface area contributed by atoms with E-state index in [1.165, 1.54) is 6.07 Å². The van der Waals surface area contributed by atoms with Crippen LogP contribution in [0.1, 0.15) is 0 Å². The van der Waals surface area contributed by atoms with Gasteiger partial charge in [0.1, 0.15) is 5.75 Å². The van der Waals surface area contributed by atoms with Crippen molar-refractivity contribution in [2.45, 2.75) is 0 Å². The van der Waals surface area contributed by atoms with Gasteiger partial charge in [0.05, 0.1) is 4.92 Å². The highest BCUT2D eigenvalue weighted by atomic mass is 16.6. The zero-order valence-corrected chi connectivity index (χ0v) is 11.5. The Hall–Kier alpha value is -3.14. The first-order chi connectivity index (χ1) is 10.6. The van der Waals surface area contributed by atoms with Crippen LogP contribution in [0.25, 0.3) is 32.3 Å². The van der Waals surface area contributed by atoms with Gasteiger partial charge >= 0.3 is 0 Å². The molecule has 0 radical (unpaired) electrons. The average molecular weight is 289 g/mol. The third-order valence-electron chi connectivity index (χ3n) is 4.01. The van der Waals surface area contributed by atoms with Gasteiger partial charge in [-0.1, -0.05) is 30.3 Å². The molecule has 4 rings (SSSR count). The molecule has 0 amide bonds. The predicted octanol–water partition coefficient (Wildman–Crippen LogP) is 4.76. The molecule has 4 heteroatoms. The van der Waals surface area contributed by atoms with Gasteiger partial charge in [-0.2, -0.15) is 0 Å². The molecule has 1 N–H and O–H groups in total. The Balaban J connectivity index is 2.12. The number of phenolic OH excluding ortho intramolecular Hbond substituents is 1. The third-order valence-corrected chi connectivity index (χ3v) is 4.01. The van der Waals surface area contributed by atoms with Crippen molar-refractivity contribution in [3.63, 3.8) is 0 Å². The molecule has 0 aromatic heterocycles. The molecule has 0 fully saturated rings. The van der Waals surface area contributed by atoms with Crippen LogP contribution in [0.5, 0.6) is 5.75 Å². The molecule has 106 valence electrons. The first-order valence-electron chi connectivity index (χ1n) is 6.86. The topological polar surface area (TPSA) is 63.4 Å². The van der Waals surface area contributed by atoms with Crippen LogP contribution >= 0.6 is 0 Å². The summed E-state index contributed by atoms with van der Waals surface area (Å²) in [5, 5.41) is 26.5. The minimum absolute atomic E-state index is 0.0950. The predicted molar refractivity (Wildman–Crippen MR) is 87.3 cm³/mol. The van der Waals surface area contributed by atoms with Gasteiger partial charge in [0.25, 0.3) is 5.69 Å². The smallest absolute Gasteiger partial charge is 0.270 e. The summed E-state index contributed by atoms with van der Waals surface area (Å²) in [7, 11) is 0. The molecule has 0 aliphatic rings. The zero-order valence-electron chi connectivity index (χ0n) is 11.5. The fourth-order valence-electron chi connectivity index (χ4n) is 2.98. The minimum Gasteiger partial charge on any atom is -0.508 e. The van der Waals surface area contributed by atoms with Gasteiger partial charge in [-0.3, -0.25) is 10.1 Å². The van der Waals surface area contributed by atoms with E-state index in [-0.39, 0.29) is 16.4 Å². The molecule has 4 nitrogen and oxygen atoms in total. The monoisotopic (exact) mass is 289 g/mol. The Morgan fingerprint density at radius 2 is 1.27 bits per heavy atom. The molecule has 0 aliphatic carbocycles. The number of hydrogen-bond donors (Lipinski definition) is 1. The Bertz CT molecular complexity index is 1070. The van der Waals surface area contributed by atoms with Gasteiger partial charge in [0.2, 0.25) is 0 Å². The van der Waals surface area contributed by atoms with E-state index in [1.54, 1.807) is 24.3 Å². The molecule has 0 saturated carbocycles. The molecule has 0 saturated heterocycles. The fraction of sp³-hybridized carbons (Fsp3) is 0. The van der Waals surface area contributed by atoms with Crippen molar-refractivity contribution >= 4 is 38.0 Å². The summed E-state index contributed by atoms with van der Waals surface area (Å²) in [4.78, 5) is 10.5. The molecule has 0 heterocycles. The lowest BCUT2D eigenvalue weighted by atomic mass is 9.97. The second-order valence-electron chi connectivity index (χ2n) is 5.29. The summed E-state index contributed by atoms with van der Waals surface area (Å²) < 4.78 is 0. The quantitative estimate of drug-likeness (QED) is 0.312. The summed E-state index contributed by atoms with van der Waals surface area (Å²) in [5.74, 6) is 0.239. The highest BCUT2D eigenvalue weighted by Crippen LogP contribution is 2.33. The zero-order chi connectivity index (χ0) is 15.3. The van der Waals surface area contributed by atoms with E-state index >= 15 is 0 Å². The van der Waals surface area contributed by atoms with Crippen molar-refractivity contribution in [2.24, 2.45) is 0 Å². The summed E-state index contributed by atoms with van der Waals surface area (Å²) in [6.45, 7) is 0. The van der Waals surface area contributed by atoms with E-state index in [0.717, 1.165) is 32.3 Å². The molecule has 0 bridgehead atoms. The van der Waals surface area contributed by atoms with Crippen molar-refractivity contribution in [1.29, 1.82) is 0 Å². The van der Waals surface area contributed by atoms with Gasteiger partial charge in [0.15, 0.2) is 0 Å². The van der Waals surface area contributed by atoms with Gasteiger partial charge in [0, 0.05) is 12.1 Å². The number of nitrogens with zero attached hydrogens (tertiary/aromatic N) is 1. The van der Waals surface area contributed by atoms with Crippen LogP contribution in [0, 0.1) is 10.1 Å². The van der Waals surface area contributed by atoms with Crippen molar-refractivity contribution in [1.82, 2.24) is 0 Å². The van der Waals surface area contributed by atoms with Crippen LogP contribution in [-0.2, 0) is 0 Å².